The van der Waals surface area contributed by atoms with Crippen LogP contribution in [0.25, 0.3) is 0 Å². The van der Waals surface area contributed by atoms with Crippen LogP contribution in [0.5, 0.6) is 5.88 Å². The Morgan fingerprint density at radius 2 is 2.03 bits per heavy atom. The van der Waals surface area contributed by atoms with E-state index < -0.39 is 17.8 Å². The van der Waals surface area contributed by atoms with Crippen LogP contribution in [0.3, 0.4) is 0 Å². The minimum Gasteiger partial charge on any atom is -0.477 e. The first-order chi connectivity index (χ1) is 15.4. The molecule has 174 valence electrons. The van der Waals surface area contributed by atoms with Crippen LogP contribution in [0.1, 0.15) is 54.4 Å². The van der Waals surface area contributed by atoms with Crippen LogP contribution in [-0.4, -0.2) is 40.6 Å². The average Bonchev–Trinajstić information content (AvgIpc) is 3.16. The zero-order valence-electron chi connectivity index (χ0n) is 17.5. The van der Waals surface area contributed by atoms with E-state index >= 15 is 0 Å². The molecule has 0 unspecified atom stereocenters. The number of ether oxygens (including phenoxy) is 1. The molecule has 11 heteroatoms. The summed E-state index contributed by atoms with van der Waals surface area (Å²) in [5.74, 6) is -1.95. The number of urea groups is 1. The smallest absolute Gasteiger partial charge is 0.344 e. The minimum atomic E-state index is -1.29. The van der Waals surface area contributed by atoms with E-state index in [2.05, 4.69) is 36.3 Å². The van der Waals surface area contributed by atoms with E-state index in [-0.39, 0.29) is 28.6 Å². The van der Waals surface area contributed by atoms with Crippen LogP contribution >= 0.6 is 27.5 Å². The molecule has 0 saturated heterocycles. The zero-order chi connectivity index (χ0) is 22.9. The summed E-state index contributed by atoms with van der Waals surface area (Å²) in [7, 11) is 0. The van der Waals surface area contributed by atoms with Gasteiger partial charge < -0.3 is 20.5 Å². The van der Waals surface area contributed by atoms with Crippen LogP contribution < -0.4 is 20.7 Å². The number of carbonyl (C=O) groups is 2. The van der Waals surface area contributed by atoms with E-state index in [0.717, 1.165) is 24.5 Å². The maximum atomic E-state index is 14.0. The van der Waals surface area contributed by atoms with Crippen molar-refractivity contribution >= 4 is 44.5 Å². The van der Waals surface area contributed by atoms with Gasteiger partial charge >= 0.3 is 12.0 Å². The molecule has 3 rings (SSSR count). The molecule has 4 N–H and O–H groups in total. The van der Waals surface area contributed by atoms with Crippen molar-refractivity contribution < 1.29 is 23.8 Å². The number of anilines is 1. The monoisotopic (exact) mass is 528 g/mol. The molecule has 0 bridgehead atoms. The topological polar surface area (TPSA) is 113 Å². The van der Waals surface area contributed by atoms with Crippen molar-refractivity contribution in [3.8, 4) is 5.88 Å². The van der Waals surface area contributed by atoms with E-state index in [9.17, 15) is 19.1 Å². The Morgan fingerprint density at radius 3 is 2.75 bits per heavy atom. The molecule has 1 fully saturated rings. The standard InChI is InChI=1S/C21H26BrFN4O4S/c22-14-8-7-13(16(23)11-14)12-31-18-17(20(28)29)19(32-27-18)26-21(30)25-10-4-9-24-15-5-2-1-3-6-15/h7-8,11,15,24H,1-6,9-10,12H2,(H,28,29)(H2,25,26,30). The molecule has 0 radical (unpaired) electrons. The van der Waals surface area contributed by atoms with Gasteiger partial charge in [0.25, 0.3) is 0 Å². The molecule has 1 saturated carbocycles. The third kappa shape index (κ3) is 7.14. The first-order valence-electron chi connectivity index (χ1n) is 10.5. The zero-order valence-corrected chi connectivity index (χ0v) is 19.9. The number of carboxylic acid groups (broad SMARTS) is 1. The highest BCUT2D eigenvalue weighted by Crippen LogP contribution is 2.31. The van der Waals surface area contributed by atoms with Gasteiger partial charge in [0.2, 0.25) is 5.88 Å². The van der Waals surface area contributed by atoms with Crippen molar-refractivity contribution in [2.75, 3.05) is 18.4 Å². The Balaban J connectivity index is 1.47. The fourth-order valence-electron chi connectivity index (χ4n) is 3.48. The predicted octanol–water partition coefficient (Wildman–Crippen LogP) is 4.76. The summed E-state index contributed by atoms with van der Waals surface area (Å²) < 4.78 is 23.9. The summed E-state index contributed by atoms with van der Waals surface area (Å²) in [5, 5.41) is 18.3. The van der Waals surface area contributed by atoms with Crippen LogP contribution in [0.2, 0.25) is 0 Å². The van der Waals surface area contributed by atoms with E-state index in [1.165, 1.54) is 44.2 Å². The number of hydrogen-bond donors (Lipinski definition) is 4. The molecule has 1 aliphatic rings. The Labute approximate surface area is 198 Å². The third-order valence-corrected chi connectivity index (χ3v) is 6.40. The molecule has 32 heavy (non-hydrogen) atoms. The van der Waals surface area contributed by atoms with Gasteiger partial charge in [-0.15, -0.1) is 0 Å². The molecule has 0 atom stereocenters. The molecule has 0 aliphatic heterocycles. The SMILES string of the molecule is O=C(NCCCNC1CCCCC1)Nc1snc(OCc2ccc(Br)cc2F)c1C(=O)O. The lowest BCUT2D eigenvalue weighted by molar-refractivity contribution is 0.0693. The van der Waals surface area contributed by atoms with Gasteiger partial charge in [-0.25, -0.2) is 14.0 Å². The molecule has 8 nitrogen and oxygen atoms in total. The molecule has 2 amide bonds. The van der Waals surface area contributed by atoms with Crippen LogP contribution in [0.4, 0.5) is 14.2 Å². The molecule has 1 heterocycles. The number of hydrogen-bond acceptors (Lipinski definition) is 6. The molecule has 1 aromatic heterocycles. The van der Waals surface area contributed by atoms with Crippen LogP contribution in [0, 0.1) is 5.82 Å². The average molecular weight is 529 g/mol. The second-order valence-corrected chi connectivity index (χ2v) is 9.23. The Bertz CT molecular complexity index is 937. The van der Waals surface area contributed by atoms with Crippen molar-refractivity contribution in [2.24, 2.45) is 0 Å². The number of nitrogens with one attached hydrogen (secondary N) is 3. The minimum absolute atomic E-state index is 0.0570. The Kier molecular flexibility index (Phi) is 9.24. The van der Waals surface area contributed by atoms with Crippen molar-refractivity contribution in [1.82, 2.24) is 15.0 Å². The summed E-state index contributed by atoms with van der Waals surface area (Å²) in [5.41, 5.74) is -0.00624. The molecule has 1 aliphatic carbocycles. The van der Waals surface area contributed by atoms with Gasteiger partial charge in [-0.2, -0.15) is 4.37 Å². The largest absolute Gasteiger partial charge is 0.477 e. The van der Waals surface area contributed by atoms with Gasteiger partial charge in [-0.3, -0.25) is 5.32 Å². The van der Waals surface area contributed by atoms with Crippen LogP contribution in [0.15, 0.2) is 22.7 Å². The number of rotatable bonds is 10. The summed E-state index contributed by atoms with van der Waals surface area (Å²) >= 11 is 3.97. The first-order valence-corrected chi connectivity index (χ1v) is 12.1. The van der Waals surface area contributed by atoms with Gasteiger partial charge in [0.15, 0.2) is 5.56 Å². The molecule has 0 spiro atoms. The number of carboxylic acids is 1. The number of nitrogens with zero attached hydrogens (tertiary/aromatic N) is 1. The molecular formula is C21H26BrFN4O4S. The lowest BCUT2D eigenvalue weighted by Gasteiger charge is -2.22. The van der Waals surface area contributed by atoms with E-state index in [4.69, 9.17) is 4.74 Å². The molecule has 2 aromatic rings. The maximum absolute atomic E-state index is 14.0. The fraction of sp³-hybridized carbons (Fsp3) is 0.476. The maximum Gasteiger partial charge on any atom is 0.344 e. The van der Waals surface area contributed by atoms with Gasteiger partial charge in [-0.05, 0) is 49.5 Å². The van der Waals surface area contributed by atoms with Gasteiger partial charge in [0.05, 0.1) is 0 Å². The molecule has 1 aromatic carbocycles. The van der Waals surface area contributed by atoms with E-state index in [0.29, 0.717) is 17.1 Å². The van der Waals surface area contributed by atoms with Gasteiger partial charge in [0, 0.05) is 22.6 Å². The van der Waals surface area contributed by atoms with Crippen molar-refractivity contribution in [3.05, 3.63) is 39.6 Å². The number of carbonyl (C=O) groups excluding carboxylic acids is 1. The van der Waals surface area contributed by atoms with Gasteiger partial charge in [0.1, 0.15) is 17.4 Å². The number of amides is 2. The summed E-state index contributed by atoms with van der Waals surface area (Å²) in [6.07, 6.45) is 7.02. The lowest BCUT2D eigenvalue weighted by atomic mass is 9.95. The second kappa shape index (κ2) is 12.1. The van der Waals surface area contributed by atoms with Crippen LogP contribution in [-0.2, 0) is 6.61 Å². The van der Waals surface area contributed by atoms with E-state index in [1.54, 1.807) is 6.07 Å². The first kappa shape index (κ1) is 24.4. The Hall–Kier alpha value is -2.24. The van der Waals surface area contributed by atoms with Crippen molar-refractivity contribution in [1.29, 1.82) is 0 Å². The normalized spacial score (nSPS) is 14.2. The highest BCUT2D eigenvalue weighted by Gasteiger charge is 2.23. The third-order valence-electron chi connectivity index (χ3n) is 5.16. The summed E-state index contributed by atoms with van der Waals surface area (Å²) in [4.78, 5) is 23.8. The number of benzene rings is 1. The van der Waals surface area contributed by atoms with Gasteiger partial charge in [-0.1, -0.05) is 41.3 Å². The number of aromatic nitrogens is 1. The lowest BCUT2D eigenvalue weighted by Crippen LogP contribution is -2.35. The quantitative estimate of drug-likeness (QED) is 0.331. The fourth-order valence-corrected chi connectivity index (χ4v) is 4.54. The van der Waals surface area contributed by atoms with E-state index in [1.807, 2.05) is 0 Å². The summed E-state index contributed by atoms with van der Waals surface area (Å²) in [6, 6.07) is 4.53. The Morgan fingerprint density at radius 1 is 1.25 bits per heavy atom. The number of aromatic carboxylic acids is 1. The van der Waals surface area contributed by atoms with Crippen molar-refractivity contribution in [3.63, 3.8) is 0 Å². The second-order valence-electron chi connectivity index (χ2n) is 7.54. The molecular weight excluding hydrogens is 503 g/mol. The summed E-state index contributed by atoms with van der Waals surface area (Å²) in [6.45, 7) is 1.08. The van der Waals surface area contributed by atoms with Crippen molar-refractivity contribution in [2.45, 2.75) is 51.2 Å². The highest BCUT2D eigenvalue weighted by atomic mass is 79.9. The number of halogens is 2. The predicted molar refractivity (Wildman–Crippen MR) is 124 cm³/mol. The highest BCUT2D eigenvalue weighted by molar-refractivity contribution is 9.10.